The predicted molar refractivity (Wildman–Crippen MR) is 82.1 cm³/mol. The smallest absolute Gasteiger partial charge is 0.251 e. The Kier molecular flexibility index (Phi) is 4.56. The second-order valence-corrected chi connectivity index (χ2v) is 6.26. The highest BCUT2D eigenvalue weighted by atomic mass is 16.3. The molecule has 0 unspecified atom stereocenters. The number of hydrogen-bond acceptors (Lipinski definition) is 3. The van der Waals surface area contributed by atoms with Crippen LogP contribution in [0.25, 0.3) is 0 Å². The Morgan fingerprint density at radius 1 is 1.24 bits per heavy atom. The Balaban J connectivity index is 1.64. The van der Waals surface area contributed by atoms with Gasteiger partial charge < -0.3 is 10.4 Å². The average molecular weight is 288 g/mol. The largest absolute Gasteiger partial charge is 0.396 e. The fraction of sp³-hybridized carbons (Fsp3) is 0.588. The summed E-state index contributed by atoms with van der Waals surface area (Å²) in [6.07, 6.45) is 4.85. The van der Waals surface area contributed by atoms with Crippen molar-refractivity contribution >= 4 is 5.91 Å². The van der Waals surface area contributed by atoms with E-state index in [1.807, 2.05) is 30.3 Å². The molecule has 0 bridgehead atoms. The number of aliphatic hydroxyl groups excluding tert-OH is 1. The van der Waals surface area contributed by atoms with E-state index in [9.17, 15) is 9.90 Å². The van der Waals surface area contributed by atoms with Crippen molar-refractivity contribution in [2.24, 2.45) is 5.92 Å². The summed E-state index contributed by atoms with van der Waals surface area (Å²) >= 11 is 0. The zero-order chi connectivity index (χ0) is 14.7. The highest BCUT2D eigenvalue weighted by molar-refractivity contribution is 5.94. The summed E-state index contributed by atoms with van der Waals surface area (Å²) in [5.41, 5.74) is 0.690. The Morgan fingerprint density at radius 3 is 2.62 bits per heavy atom. The molecule has 2 atom stereocenters. The summed E-state index contributed by atoms with van der Waals surface area (Å²) in [6.45, 7) is 2.07. The third kappa shape index (κ3) is 3.27. The first-order valence-corrected chi connectivity index (χ1v) is 7.98. The molecule has 1 aromatic carbocycles. The fourth-order valence-corrected chi connectivity index (χ4v) is 3.33. The van der Waals surface area contributed by atoms with E-state index in [1.165, 1.54) is 19.3 Å². The molecule has 1 amide bonds. The number of carbonyl (C=O) groups excluding carboxylic acids is 1. The quantitative estimate of drug-likeness (QED) is 0.886. The maximum atomic E-state index is 12.3. The molecular weight excluding hydrogens is 264 g/mol. The molecule has 1 heterocycles. The molecule has 2 fully saturated rings. The molecule has 114 valence electrons. The van der Waals surface area contributed by atoms with Gasteiger partial charge >= 0.3 is 0 Å². The van der Waals surface area contributed by atoms with Crippen LogP contribution in [0, 0.1) is 5.92 Å². The minimum absolute atomic E-state index is 0.0329. The van der Waals surface area contributed by atoms with Gasteiger partial charge in [0.15, 0.2) is 0 Å². The van der Waals surface area contributed by atoms with E-state index in [0.29, 0.717) is 11.6 Å². The number of rotatable bonds is 4. The molecular formula is C17H24N2O2. The second kappa shape index (κ2) is 6.58. The molecule has 1 aliphatic heterocycles. The van der Waals surface area contributed by atoms with Gasteiger partial charge in [0, 0.05) is 36.7 Å². The number of carbonyl (C=O) groups is 1. The molecule has 1 aliphatic carbocycles. The van der Waals surface area contributed by atoms with E-state index in [4.69, 9.17) is 0 Å². The zero-order valence-corrected chi connectivity index (χ0v) is 12.4. The minimum atomic E-state index is -0.0329. The molecule has 1 aromatic rings. The molecule has 1 saturated carbocycles. The highest BCUT2D eigenvalue weighted by Gasteiger charge is 2.34. The molecule has 2 aliphatic rings. The van der Waals surface area contributed by atoms with E-state index < -0.39 is 0 Å². The van der Waals surface area contributed by atoms with Crippen LogP contribution in [0.15, 0.2) is 30.3 Å². The van der Waals surface area contributed by atoms with Gasteiger partial charge in [-0.1, -0.05) is 24.6 Å². The van der Waals surface area contributed by atoms with Crippen molar-refractivity contribution in [3.8, 4) is 0 Å². The van der Waals surface area contributed by atoms with Crippen molar-refractivity contribution in [1.82, 2.24) is 10.2 Å². The SMILES string of the molecule is O=C(N[C@@H]1CN(C2CCC2)CC[C@@H]1CO)c1ccccc1. The summed E-state index contributed by atoms with van der Waals surface area (Å²) in [7, 11) is 0. The summed E-state index contributed by atoms with van der Waals surface area (Å²) in [5.74, 6) is 0.142. The van der Waals surface area contributed by atoms with Crippen LogP contribution in [-0.2, 0) is 0 Å². The molecule has 4 heteroatoms. The minimum Gasteiger partial charge on any atom is -0.396 e. The van der Waals surface area contributed by atoms with Crippen molar-refractivity contribution < 1.29 is 9.90 Å². The van der Waals surface area contributed by atoms with E-state index in [1.54, 1.807) is 0 Å². The number of hydrogen-bond donors (Lipinski definition) is 2. The van der Waals surface area contributed by atoms with E-state index in [0.717, 1.165) is 19.5 Å². The lowest BCUT2D eigenvalue weighted by Crippen LogP contribution is -2.57. The molecule has 3 rings (SSSR count). The second-order valence-electron chi connectivity index (χ2n) is 6.26. The molecule has 0 radical (unpaired) electrons. The number of benzene rings is 1. The summed E-state index contributed by atoms with van der Waals surface area (Å²) in [4.78, 5) is 14.8. The zero-order valence-electron chi connectivity index (χ0n) is 12.4. The number of aliphatic hydroxyl groups is 1. The van der Waals surface area contributed by atoms with E-state index in [2.05, 4.69) is 10.2 Å². The first-order valence-electron chi connectivity index (χ1n) is 7.98. The number of nitrogens with zero attached hydrogens (tertiary/aromatic N) is 1. The van der Waals surface area contributed by atoms with Crippen LogP contribution in [0.5, 0.6) is 0 Å². The van der Waals surface area contributed by atoms with Crippen molar-refractivity contribution in [2.75, 3.05) is 19.7 Å². The summed E-state index contributed by atoms with van der Waals surface area (Å²) in [6, 6.07) is 10.1. The van der Waals surface area contributed by atoms with Gasteiger partial charge in [0.05, 0.1) is 0 Å². The monoisotopic (exact) mass is 288 g/mol. The topological polar surface area (TPSA) is 52.6 Å². The lowest BCUT2D eigenvalue weighted by Gasteiger charge is -2.45. The van der Waals surface area contributed by atoms with Gasteiger partial charge in [-0.15, -0.1) is 0 Å². The van der Waals surface area contributed by atoms with Gasteiger partial charge in [0.2, 0.25) is 0 Å². The molecule has 0 aromatic heterocycles. The Hall–Kier alpha value is -1.39. The summed E-state index contributed by atoms with van der Waals surface area (Å²) < 4.78 is 0. The normalized spacial score (nSPS) is 27.1. The van der Waals surface area contributed by atoms with Gasteiger partial charge in [-0.25, -0.2) is 0 Å². The third-order valence-electron chi connectivity index (χ3n) is 4.97. The fourth-order valence-electron chi connectivity index (χ4n) is 3.33. The molecule has 4 nitrogen and oxygen atoms in total. The van der Waals surface area contributed by atoms with Crippen LogP contribution in [0.4, 0.5) is 0 Å². The van der Waals surface area contributed by atoms with Crippen molar-refractivity contribution in [3.05, 3.63) is 35.9 Å². The van der Waals surface area contributed by atoms with Crippen LogP contribution in [0.2, 0.25) is 0 Å². The molecule has 21 heavy (non-hydrogen) atoms. The van der Waals surface area contributed by atoms with Crippen LogP contribution < -0.4 is 5.32 Å². The van der Waals surface area contributed by atoms with Gasteiger partial charge in [-0.2, -0.15) is 0 Å². The number of likely N-dealkylation sites (tertiary alicyclic amines) is 1. The Labute approximate surface area is 126 Å². The summed E-state index contributed by atoms with van der Waals surface area (Å²) in [5, 5.41) is 12.7. The van der Waals surface area contributed by atoms with Gasteiger partial charge in [0.25, 0.3) is 5.91 Å². The molecule has 2 N–H and O–H groups in total. The lowest BCUT2D eigenvalue weighted by atomic mass is 9.86. The lowest BCUT2D eigenvalue weighted by molar-refractivity contribution is 0.0404. The Morgan fingerprint density at radius 2 is 2.00 bits per heavy atom. The van der Waals surface area contributed by atoms with Crippen LogP contribution >= 0.6 is 0 Å². The van der Waals surface area contributed by atoms with Crippen LogP contribution in [0.3, 0.4) is 0 Å². The first-order chi connectivity index (χ1) is 10.3. The van der Waals surface area contributed by atoms with Gasteiger partial charge in [-0.05, 0) is 37.9 Å². The van der Waals surface area contributed by atoms with E-state index >= 15 is 0 Å². The van der Waals surface area contributed by atoms with Crippen molar-refractivity contribution in [2.45, 2.75) is 37.8 Å². The average Bonchev–Trinajstić information content (AvgIpc) is 2.47. The number of piperidine rings is 1. The van der Waals surface area contributed by atoms with Crippen LogP contribution in [-0.4, -0.2) is 47.7 Å². The van der Waals surface area contributed by atoms with E-state index in [-0.39, 0.29) is 24.5 Å². The molecule has 0 spiro atoms. The van der Waals surface area contributed by atoms with Gasteiger partial charge in [0.1, 0.15) is 0 Å². The van der Waals surface area contributed by atoms with Crippen LogP contribution in [0.1, 0.15) is 36.0 Å². The number of amides is 1. The Bertz CT molecular complexity index is 473. The molecule has 1 saturated heterocycles. The van der Waals surface area contributed by atoms with Gasteiger partial charge in [-0.3, -0.25) is 9.69 Å². The van der Waals surface area contributed by atoms with Crippen molar-refractivity contribution in [3.63, 3.8) is 0 Å². The maximum Gasteiger partial charge on any atom is 0.251 e. The highest BCUT2D eigenvalue weighted by Crippen LogP contribution is 2.29. The van der Waals surface area contributed by atoms with Crippen molar-refractivity contribution in [1.29, 1.82) is 0 Å². The first kappa shape index (κ1) is 14.5. The third-order valence-corrected chi connectivity index (χ3v) is 4.97. The maximum absolute atomic E-state index is 12.3. The standard InChI is InChI=1S/C17H24N2O2/c20-12-14-9-10-19(15-7-4-8-15)11-16(14)18-17(21)13-5-2-1-3-6-13/h1-3,5-6,14-16,20H,4,7-12H2,(H,18,21)/t14-,16-/m1/s1. The number of nitrogens with one attached hydrogen (secondary N) is 1. The predicted octanol–water partition coefficient (Wildman–Crippen LogP) is 1.65.